The lowest BCUT2D eigenvalue weighted by Gasteiger charge is -2.28. The van der Waals surface area contributed by atoms with Crippen molar-refractivity contribution in [3.63, 3.8) is 0 Å². The fourth-order valence-corrected chi connectivity index (χ4v) is 4.45. The minimum absolute atomic E-state index is 0.0701. The van der Waals surface area contributed by atoms with Gasteiger partial charge in [-0.05, 0) is 49.8 Å². The number of carbonyl (C=O) groups excluding carboxylic acids is 2. The Morgan fingerprint density at radius 1 is 1.29 bits per heavy atom. The van der Waals surface area contributed by atoms with Crippen molar-refractivity contribution in [3.05, 3.63) is 40.9 Å². The number of nitrogens with zero attached hydrogens (tertiary/aromatic N) is 1. The van der Waals surface area contributed by atoms with E-state index in [-0.39, 0.29) is 29.6 Å². The van der Waals surface area contributed by atoms with Gasteiger partial charge in [0.25, 0.3) is 0 Å². The van der Waals surface area contributed by atoms with Gasteiger partial charge in [0, 0.05) is 5.02 Å². The number of aryl methyl sites for hydroxylation is 1. The first-order chi connectivity index (χ1) is 9.94. The molecule has 1 saturated carbocycles. The van der Waals surface area contributed by atoms with Crippen LogP contribution < -0.4 is 4.90 Å². The van der Waals surface area contributed by atoms with Gasteiger partial charge in [-0.3, -0.25) is 9.59 Å². The molecule has 4 rings (SSSR count). The lowest BCUT2D eigenvalue weighted by Crippen LogP contribution is -2.37. The van der Waals surface area contributed by atoms with Crippen LogP contribution in [0.5, 0.6) is 0 Å². The number of fused-ring (bicyclic) bond motifs is 5. The molecule has 2 bridgehead atoms. The lowest BCUT2D eigenvalue weighted by atomic mass is 9.71. The van der Waals surface area contributed by atoms with Gasteiger partial charge in [-0.15, -0.1) is 0 Å². The molecule has 108 valence electrons. The zero-order chi connectivity index (χ0) is 14.9. The third-order valence-corrected chi connectivity index (χ3v) is 5.93. The molecule has 4 atom stereocenters. The van der Waals surface area contributed by atoms with Crippen molar-refractivity contribution in [3.8, 4) is 0 Å². The largest absolute Gasteiger partial charge is 0.274 e. The maximum atomic E-state index is 12.9. The molecule has 2 amide bonds. The molecule has 0 N–H and O–H groups in total. The van der Waals surface area contributed by atoms with Gasteiger partial charge in [0.1, 0.15) is 0 Å². The van der Waals surface area contributed by atoms with Crippen LogP contribution in [0.25, 0.3) is 0 Å². The molecule has 2 fully saturated rings. The van der Waals surface area contributed by atoms with Crippen molar-refractivity contribution < 1.29 is 9.59 Å². The van der Waals surface area contributed by atoms with E-state index in [1.165, 1.54) is 4.90 Å². The third-order valence-electron chi connectivity index (χ3n) is 5.53. The average molecular weight is 302 g/mol. The van der Waals surface area contributed by atoms with E-state index in [1.807, 2.05) is 19.9 Å². The molecular weight excluding hydrogens is 286 g/mol. The number of hydrogen-bond acceptors (Lipinski definition) is 2. The molecule has 1 aromatic rings. The number of hydrogen-bond donors (Lipinski definition) is 0. The SMILES string of the molecule is Cc1ccc(N2C(=O)[C@@H]3[C@@H]4C=C[C@@H](C4)[C@]3(C)C2=O)cc1Cl. The molecule has 1 heterocycles. The monoisotopic (exact) mass is 301 g/mol. The Morgan fingerprint density at radius 2 is 2.05 bits per heavy atom. The molecule has 1 aromatic carbocycles. The second kappa shape index (κ2) is 3.98. The van der Waals surface area contributed by atoms with E-state index in [0.717, 1.165) is 12.0 Å². The Hall–Kier alpha value is -1.61. The molecule has 21 heavy (non-hydrogen) atoms. The van der Waals surface area contributed by atoms with Crippen LogP contribution in [-0.2, 0) is 9.59 Å². The maximum absolute atomic E-state index is 12.9. The van der Waals surface area contributed by atoms with E-state index < -0.39 is 5.41 Å². The van der Waals surface area contributed by atoms with Crippen molar-refractivity contribution in [2.45, 2.75) is 20.3 Å². The molecule has 3 aliphatic rings. The molecule has 3 nitrogen and oxygen atoms in total. The minimum Gasteiger partial charge on any atom is -0.274 e. The predicted octanol–water partition coefficient (Wildman–Crippen LogP) is 3.35. The number of halogens is 1. The first-order valence-electron chi connectivity index (χ1n) is 7.27. The van der Waals surface area contributed by atoms with Gasteiger partial charge >= 0.3 is 0 Å². The van der Waals surface area contributed by atoms with Crippen molar-refractivity contribution in [1.82, 2.24) is 0 Å². The van der Waals surface area contributed by atoms with Gasteiger partial charge in [-0.25, -0.2) is 4.90 Å². The fraction of sp³-hybridized carbons (Fsp3) is 0.412. The van der Waals surface area contributed by atoms with E-state index >= 15 is 0 Å². The van der Waals surface area contributed by atoms with E-state index in [4.69, 9.17) is 11.6 Å². The van der Waals surface area contributed by atoms with Crippen LogP contribution in [-0.4, -0.2) is 11.8 Å². The molecule has 1 aliphatic heterocycles. The van der Waals surface area contributed by atoms with Crippen LogP contribution in [0, 0.1) is 30.1 Å². The number of rotatable bonds is 1. The second-order valence-corrected chi connectivity index (χ2v) is 6.97. The van der Waals surface area contributed by atoms with Crippen molar-refractivity contribution >= 4 is 29.1 Å². The molecule has 0 spiro atoms. The highest BCUT2D eigenvalue weighted by Gasteiger charge is 2.67. The summed E-state index contributed by atoms with van der Waals surface area (Å²) >= 11 is 6.15. The summed E-state index contributed by atoms with van der Waals surface area (Å²) in [6, 6.07) is 5.37. The summed E-state index contributed by atoms with van der Waals surface area (Å²) in [7, 11) is 0. The normalized spacial score (nSPS) is 36.7. The van der Waals surface area contributed by atoms with E-state index in [0.29, 0.717) is 10.7 Å². The number of amides is 2. The highest BCUT2D eigenvalue weighted by atomic mass is 35.5. The molecule has 0 unspecified atom stereocenters. The molecule has 1 saturated heterocycles. The van der Waals surface area contributed by atoms with Crippen LogP contribution in [0.4, 0.5) is 5.69 Å². The van der Waals surface area contributed by atoms with Crippen LogP contribution in [0.15, 0.2) is 30.4 Å². The fourth-order valence-electron chi connectivity index (χ4n) is 4.27. The Morgan fingerprint density at radius 3 is 2.71 bits per heavy atom. The number of allylic oxidation sites excluding steroid dienone is 2. The maximum Gasteiger partial charge on any atom is 0.241 e. The third kappa shape index (κ3) is 1.45. The summed E-state index contributed by atoms with van der Waals surface area (Å²) in [6.07, 6.45) is 5.15. The standard InChI is InChI=1S/C17H16ClNO2/c1-9-3-6-12(8-13(9)18)19-15(20)14-10-4-5-11(7-10)17(14,2)16(19)21/h3-6,8,10-11,14H,7H2,1-2H3/t10-,11+,14+,17+/m1/s1. The minimum atomic E-state index is -0.576. The Kier molecular flexibility index (Phi) is 2.48. The molecule has 0 aromatic heterocycles. The quantitative estimate of drug-likeness (QED) is 0.589. The number of benzene rings is 1. The Labute approximate surface area is 128 Å². The molecule has 4 heteroatoms. The number of anilines is 1. The zero-order valence-electron chi connectivity index (χ0n) is 12.0. The van der Waals surface area contributed by atoms with Crippen molar-refractivity contribution in [1.29, 1.82) is 0 Å². The van der Waals surface area contributed by atoms with Crippen molar-refractivity contribution in [2.75, 3.05) is 4.90 Å². The second-order valence-electron chi connectivity index (χ2n) is 6.56. The van der Waals surface area contributed by atoms with E-state index in [1.54, 1.807) is 12.1 Å². The van der Waals surface area contributed by atoms with Crippen LogP contribution in [0.2, 0.25) is 5.02 Å². The van der Waals surface area contributed by atoms with Gasteiger partial charge in [0.2, 0.25) is 11.8 Å². The first-order valence-corrected chi connectivity index (χ1v) is 7.65. The predicted molar refractivity (Wildman–Crippen MR) is 81.0 cm³/mol. The summed E-state index contributed by atoms with van der Waals surface area (Å²) in [5.74, 6) is 0.0471. The molecule has 0 radical (unpaired) electrons. The highest BCUT2D eigenvalue weighted by molar-refractivity contribution is 6.32. The number of imide groups is 1. The van der Waals surface area contributed by atoms with Gasteiger partial charge in [0.15, 0.2) is 0 Å². The van der Waals surface area contributed by atoms with E-state index in [9.17, 15) is 9.59 Å². The van der Waals surface area contributed by atoms with E-state index in [2.05, 4.69) is 12.2 Å². The van der Waals surface area contributed by atoms with Crippen LogP contribution >= 0.6 is 11.6 Å². The summed E-state index contributed by atoms with van der Waals surface area (Å²) < 4.78 is 0. The first kappa shape index (κ1) is 13.1. The topological polar surface area (TPSA) is 37.4 Å². The summed E-state index contributed by atoms with van der Waals surface area (Å²) in [6.45, 7) is 3.85. The average Bonchev–Trinajstić information content (AvgIpc) is 3.07. The Bertz CT molecular complexity index is 711. The molecular formula is C17H16ClNO2. The van der Waals surface area contributed by atoms with Gasteiger partial charge < -0.3 is 0 Å². The molecule has 2 aliphatic carbocycles. The van der Waals surface area contributed by atoms with Gasteiger partial charge in [-0.2, -0.15) is 0 Å². The lowest BCUT2D eigenvalue weighted by molar-refractivity contribution is -0.127. The van der Waals surface area contributed by atoms with Crippen molar-refractivity contribution in [2.24, 2.45) is 23.2 Å². The van der Waals surface area contributed by atoms with Crippen LogP contribution in [0.3, 0.4) is 0 Å². The zero-order valence-corrected chi connectivity index (χ0v) is 12.7. The summed E-state index contributed by atoms with van der Waals surface area (Å²) in [5.41, 5.74) is 0.955. The highest BCUT2D eigenvalue weighted by Crippen LogP contribution is 2.60. The van der Waals surface area contributed by atoms with Crippen LogP contribution in [0.1, 0.15) is 18.9 Å². The van der Waals surface area contributed by atoms with Gasteiger partial charge in [-0.1, -0.05) is 29.8 Å². The Balaban J connectivity index is 1.81. The smallest absolute Gasteiger partial charge is 0.241 e. The van der Waals surface area contributed by atoms with Gasteiger partial charge in [0.05, 0.1) is 17.0 Å². The summed E-state index contributed by atoms with van der Waals surface area (Å²) in [4.78, 5) is 27.1. The summed E-state index contributed by atoms with van der Waals surface area (Å²) in [5, 5.41) is 0.580. The number of carbonyl (C=O) groups is 2.